The summed E-state index contributed by atoms with van der Waals surface area (Å²) in [5, 5.41) is 11.2. The standard InChI is InChI=1S/C23H21ClN4O3S.C21H17ClN4O3S/c1-2-31-20(29)14-28-21-17(13-27(23(28)30)19-11-7-6-10-18(19)24)12-25-22(26-21)32-15-16-8-4-3-5-9-16;22-16-8-4-5-9-17(16)25-11-15-10-23-20(30-13-14-6-2-1-3-7-14)24-19(15)26(21(25)29)12-18(27)28/h3-12H,2,13-15H2,1H3;1-10H,11-13H2,(H,27,28). The molecule has 0 aliphatic carbocycles. The van der Waals surface area contributed by atoms with E-state index in [-0.39, 0.29) is 26.2 Å². The van der Waals surface area contributed by atoms with E-state index in [0.717, 1.165) is 21.6 Å². The minimum absolute atomic E-state index is 0.206. The molecular weight excluding hydrogens is 872 g/mol. The number of aromatic nitrogens is 4. The van der Waals surface area contributed by atoms with Gasteiger partial charge in [0.2, 0.25) is 0 Å². The van der Waals surface area contributed by atoms with Crippen LogP contribution in [-0.4, -0.2) is 68.7 Å². The summed E-state index contributed by atoms with van der Waals surface area (Å²) in [6.07, 6.45) is 3.34. The fourth-order valence-corrected chi connectivity index (χ4v) is 8.47. The molecule has 0 unspecified atom stereocenters. The number of carboxylic acid groups (broad SMARTS) is 1. The fourth-order valence-electron chi connectivity index (χ4n) is 6.46. The summed E-state index contributed by atoms with van der Waals surface area (Å²) in [6.45, 7) is 1.65. The summed E-state index contributed by atoms with van der Waals surface area (Å²) in [5.74, 6) is 0.445. The number of thioether (sulfide) groups is 2. The first-order valence-electron chi connectivity index (χ1n) is 19.2. The number of para-hydroxylation sites is 2. The van der Waals surface area contributed by atoms with Gasteiger partial charge in [0.25, 0.3) is 0 Å². The number of urea groups is 2. The highest BCUT2D eigenvalue weighted by atomic mass is 35.5. The van der Waals surface area contributed by atoms with Crippen LogP contribution in [0.4, 0.5) is 32.6 Å². The predicted octanol–water partition coefficient (Wildman–Crippen LogP) is 9.39. The van der Waals surface area contributed by atoms with Gasteiger partial charge in [-0.25, -0.2) is 29.5 Å². The molecular formula is C44H38Cl2N8O6S2. The summed E-state index contributed by atoms with van der Waals surface area (Å²) in [4.78, 5) is 73.6. The van der Waals surface area contributed by atoms with Crippen molar-refractivity contribution in [3.8, 4) is 0 Å². The number of nitrogens with zero attached hydrogens (tertiary/aromatic N) is 8. The molecule has 0 saturated carbocycles. The third-order valence-corrected chi connectivity index (χ3v) is 11.8. The molecule has 0 radical (unpaired) electrons. The minimum atomic E-state index is -1.13. The van der Waals surface area contributed by atoms with Gasteiger partial charge in [0, 0.05) is 35.0 Å². The van der Waals surface area contributed by atoms with Crippen LogP contribution in [0, 0.1) is 0 Å². The van der Waals surface area contributed by atoms with E-state index < -0.39 is 30.5 Å². The lowest BCUT2D eigenvalue weighted by Crippen LogP contribution is -2.50. The molecule has 2 aliphatic heterocycles. The summed E-state index contributed by atoms with van der Waals surface area (Å²) < 4.78 is 5.08. The van der Waals surface area contributed by atoms with Crippen molar-refractivity contribution < 1.29 is 29.0 Å². The lowest BCUT2D eigenvalue weighted by molar-refractivity contribution is -0.141. The smallest absolute Gasteiger partial charge is 0.331 e. The topological polar surface area (TPSA) is 162 Å². The summed E-state index contributed by atoms with van der Waals surface area (Å²) in [7, 11) is 0. The van der Waals surface area contributed by atoms with Crippen LogP contribution in [0.1, 0.15) is 29.2 Å². The van der Waals surface area contributed by atoms with Gasteiger partial charge >= 0.3 is 24.0 Å². The Morgan fingerprint density at radius 1 is 0.645 bits per heavy atom. The Morgan fingerprint density at radius 3 is 1.48 bits per heavy atom. The maximum atomic E-state index is 13.4. The Bertz CT molecular complexity index is 2580. The summed E-state index contributed by atoms with van der Waals surface area (Å²) >= 11 is 15.5. The number of rotatable bonds is 13. The highest BCUT2D eigenvalue weighted by molar-refractivity contribution is 7.98. The molecule has 0 spiro atoms. The number of amides is 4. The zero-order valence-corrected chi connectivity index (χ0v) is 36.3. The van der Waals surface area contributed by atoms with Crippen molar-refractivity contribution in [3.63, 3.8) is 0 Å². The van der Waals surface area contributed by atoms with Gasteiger partial charge in [-0.1, -0.05) is 132 Å². The zero-order chi connectivity index (χ0) is 43.6. The first-order chi connectivity index (χ1) is 30.1. The highest BCUT2D eigenvalue weighted by Crippen LogP contribution is 2.37. The molecule has 14 nitrogen and oxygen atoms in total. The van der Waals surface area contributed by atoms with Gasteiger partial charge in [-0.3, -0.25) is 29.2 Å². The van der Waals surface area contributed by atoms with Gasteiger partial charge in [0.15, 0.2) is 10.3 Å². The number of esters is 1. The lowest BCUT2D eigenvalue weighted by Gasteiger charge is -2.35. The molecule has 6 aromatic rings. The van der Waals surface area contributed by atoms with Gasteiger partial charge < -0.3 is 9.84 Å². The quantitative estimate of drug-likeness (QED) is 0.0665. The molecule has 2 aliphatic rings. The van der Waals surface area contributed by atoms with E-state index in [4.69, 9.17) is 27.9 Å². The molecule has 0 atom stereocenters. The average Bonchev–Trinajstić information content (AvgIpc) is 3.28. The molecule has 8 rings (SSSR count). The van der Waals surface area contributed by atoms with Gasteiger partial charge in [-0.2, -0.15) is 0 Å². The van der Waals surface area contributed by atoms with E-state index >= 15 is 0 Å². The number of anilines is 4. The minimum Gasteiger partial charge on any atom is -0.480 e. The number of carbonyl (C=O) groups excluding carboxylic acids is 3. The van der Waals surface area contributed by atoms with Crippen LogP contribution in [0.25, 0.3) is 0 Å². The van der Waals surface area contributed by atoms with E-state index in [1.54, 1.807) is 67.8 Å². The van der Waals surface area contributed by atoms with Gasteiger partial charge in [-0.05, 0) is 42.3 Å². The van der Waals surface area contributed by atoms with Crippen LogP contribution in [0.3, 0.4) is 0 Å². The molecule has 0 fully saturated rings. The van der Waals surface area contributed by atoms with Crippen molar-refractivity contribution in [2.75, 3.05) is 39.3 Å². The number of aliphatic carboxylic acids is 1. The molecule has 1 N–H and O–H groups in total. The van der Waals surface area contributed by atoms with E-state index in [9.17, 15) is 24.3 Å². The molecule has 4 heterocycles. The van der Waals surface area contributed by atoms with Crippen molar-refractivity contribution in [1.82, 2.24) is 19.9 Å². The predicted molar refractivity (Wildman–Crippen MR) is 241 cm³/mol. The molecule has 0 bridgehead atoms. The molecule has 2 aromatic heterocycles. The Hall–Kier alpha value is -6.20. The molecule has 4 aromatic carbocycles. The number of carbonyl (C=O) groups is 4. The van der Waals surface area contributed by atoms with E-state index in [0.29, 0.717) is 60.4 Å². The Morgan fingerprint density at radius 2 is 1.06 bits per heavy atom. The second kappa shape index (κ2) is 20.6. The monoisotopic (exact) mass is 908 g/mol. The molecule has 316 valence electrons. The number of fused-ring (bicyclic) bond motifs is 2. The number of hydrogen-bond acceptors (Lipinski definition) is 11. The van der Waals surface area contributed by atoms with Gasteiger partial charge in [0.1, 0.15) is 24.7 Å². The third-order valence-electron chi connectivity index (χ3n) is 9.32. The SMILES string of the molecule is CCOC(=O)CN1C(=O)N(c2ccccc2Cl)Cc2cnc(SCc3ccccc3)nc21.O=C(O)CN1C(=O)N(c2ccccc2Cl)Cc2cnc(SCc3ccccc3)nc21. The van der Waals surface area contributed by atoms with E-state index in [1.165, 1.54) is 38.2 Å². The second-order valence-electron chi connectivity index (χ2n) is 13.6. The first-order valence-corrected chi connectivity index (χ1v) is 21.9. The van der Waals surface area contributed by atoms with Crippen LogP contribution in [0.5, 0.6) is 0 Å². The Balaban J connectivity index is 0.000000187. The summed E-state index contributed by atoms with van der Waals surface area (Å²) in [6, 6.07) is 33.0. The second-order valence-corrected chi connectivity index (χ2v) is 16.3. The summed E-state index contributed by atoms with van der Waals surface area (Å²) in [5.41, 5.74) is 4.70. The van der Waals surface area contributed by atoms with Crippen molar-refractivity contribution in [1.29, 1.82) is 0 Å². The van der Waals surface area contributed by atoms with Crippen molar-refractivity contribution in [3.05, 3.63) is 154 Å². The maximum absolute atomic E-state index is 13.4. The van der Waals surface area contributed by atoms with Crippen molar-refractivity contribution in [2.45, 2.75) is 41.8 Å². The number of halogens is 2. The third kappa shape index (κ3) is 10.6. The van der Waals surface area contributed by atoms with Crippen LogP contribution in [0.15, 0.2) is 132 Å². The first kappa shape index (κ1) is 43.9. The fraction of sp³-hybridized carbons (Fsp3) is 0.182. The molecule has 4 amide bonds. The van der Waals surface area contributed by atoms with Gasteiger partial charge in [-0.15, -0.1) is 0 Å². The van der Waals surface area contributed by atoms with Crippen LogP contribution in [-0.2, 0) is 38.9 Å². The van der Waals surface area contributed by atoms with Crippen LogP contribution < -0.4 is 19.6 Å². The zero-order valence-electron chi connectivity index (χ0n) is 33.1. The number of hydrogen-bond donors (Lipinski definition) is 1. The molecule has 0 saturated heterocycles. The highest BCUT2D eigenvalue weighted by Gasteiger charge is 2.37. The molecule has 18 heteroatoms. The number of ether oxygens (including phenoxy) is 1. The maximum Gasteiger partial charge on any atom is 0.331 e. The van der Waals surface area contributed by atoms with Crippen LogP contribution in [0.2, 0.25) is 10.0 Å². The normalized spacial score (nSPS) is 13.2. The average molecular weight is 910 g/mol. The largest absolute Gasteiger partial charge is 0.480 e. The number of benzene rings is 4. The lowest BCUT2D eigenvalue weighted by atomic mass is 10.2. The molecule has 62 heavy (non-hydrogen) atoms. The van der Waals surface area contributed by atoms with Crippen molar-refractivity contribution >= 4 is 93.7 Å². The van der Waals surface area contributed by atoms with Crippen LogP contribution >= 0.6 is 46.7 Å². The Labute approximate surface area is 375 Å². The van der Waals surface area contributed by atoms with E-state index in [1.807, 2.05) is 60.7 Å². The Kier molecular flexibility index (Phi) is 14.6. The number of carboxylic acids is 1. The van der Waals surface area contributed by atoms with Crippen molar-refractivity contribution in [2.24, 2.45) is 0 Å². The van der Waals surface area contributed by atoms with Gasteiger partial charge in [0.05, 0.1) is 41.1 Å². The van der Waals surface area contributed by atoms with E-state index in [2.05, 4.69) is 19.9 Å².